The van der Waals surface area contributed by atoms with Crippen LogP contribution in [0.15, 0.2) is 18.2 Å². The van der Waals surface area contributed by atoms with Gasteiger partial charge in [-0.1, -0.05) is 33.6 Å². The van der Waals surface area contributed by atoms with Crippen molar-refractivity contribution in [2.45, 2.75) is 125 Å². The molecule has 5 rings (SSSR count). The van der Waals surface area contributed by atoms with E-state index >= 15 is 0 Å². The monoisotopic (exact) mass is 666 g/mol. The van der Waals surface area contributed by atoms with Crippen LogP contribution in [0.25, 0.3) is 33.2 Å². The van der Waals surface area contributed by atoms with E-state index in [1.54, 1.807) is 0 Å². The van der Waals surface area contributed by atoms with Crippen molar-refractivity contribution in [3.05, 3.63) is 68.8 Å². The minimum atomic E-state index is -0.201. The van der Waals surface area contributed by atoms with E-state index in [4.69, 9.17) is 19.4 Å². The highest BCUT2D eigenvalue weighted by atomic mass is 16.5. The number of H-pyrrole nitrogens is 2. The van der Waals surface area contributed by atoms with Gasteiger partial charge in [-0.05, 0) is 123 Å². The average molecular weight is 667 g/mol. The summed E-state index contributed by atoms with van der Waals surface area (Å²) in [6.07, 6.45) is 8.79. The first-order valence-electron chi connectivity index (χ1n) is 17.9. The van der Waals surface area contributed by atoms with E-state index in [2.05, 4.69) is 76.6 Å². The van der Waals surface area contributed by atoms with E-state index < -0.39 is 0 Å². The van der Waals surface area contributed by atoms with Crippen molar-refractivity contribution in [3.8, 4) is 0 Å². The van der Waals surface area contributed by atoms with Gasteiger partial charge in [-0.2, -0.15) is 0 Å². The number of fused-ring (bicyclic) bond motifs is 8. The summed E-state index contributed by atoms with van der Waals surface area (Å²) in [5, 5.41) is 0. The van der Waals surface area contributed by atoms with Gasteiger partial charge < -0.3 is 19.4 Å². The number of unbranched alkanes of at least 4 members (excludes halogenated alkanes) is 2. The Morgan fingerprint density at radius 1 is 0.714 bits per heavy atom. The number of ether oxygens (including phenoxy) is 2. The molecule has 0 spiro atoms. The maximum Gasteiger partial charge on any atom is 0.305 e. The molecule has 0 saturated heterocycles. The lowest BCUT2D eigenvalue weighted by molar-refractivity contribution is -0.141. The van der Waals surface area contributed by atoms with Crippen molar-refractivity contribution in [1.82, 2.24) is 19.9 Å². The largest absolute Gasteiger partial charge is 0.469 e. The number of nitrogens with zero attached hydrogens (tertiary/aromatic N) is 2. The van der Waals surface area contributed by atoms with Crippen LogP contribution < -0.4 is 0 Å². The fourth-order valence-electron chi connectivity index (χ4n) is 7.27. The summed E-state index contributed by atoms with van der Waals surface area (Å²) < 4.78 is 9.88. The molecule has 3 aromatic heterocycles. The van der Waals surface area contributed by atoms with Crippen LogP contribution in [0.5, 0.6) is 0 Å². The van der Waals surface area contributed by atoms with Gasteiger partial charge in [-0.15, -0.1) is 0 Å². The number of aromatic nitrogens is 4. The highest BCUT2D eigenvalue weighted by molar-refractivity contribution is 5.92. The third-order valence-corrected chi connectivity index (χ3v) is 10.6. The van der Waals surface area contributed by atoms with E-state index in [0.717, 1.165) is 94.5 Å². The van der Waals surface area contributed by atoms with Gasteiger partial charge in [-0.25, -0.2) is 4.98 Å². The molecule has 2 aliphatic rings. The fourth-order valence-corrected chi connectivity index (χ4v) is 7.27. The molecule has 0 unspecified atom stereocenters. The summed E-state index contributed by atoms with van der Waals surface area (Å²) in [7, 11) is 2.87. The molecule has 0 aromatic carbocycles. The zero-order valence-corrected chi connectivity index (χ0v) is 31.0. The summed E-state index contributed by atoms with van der Waals surface area (Å²) in [5.74, 6) is -0.400. The Morgan fingerprint density at radius 2 is 1.27 bits per heavy atom. The van der Waals surface area contributed by atoms with Gasteiger partial charge in [0.05, 0.1) is 25.6 Å². The Morgan fingerprint density at radius 3 is 1.82 bits per heavy atom. The highest BCUT2D eigenvalue weighted by Gasteiger charge is 2.31. The first kappa shape index (κ1) is 36.1. The van der Waals surface area contributed by atoms with E-state index in [0.29, 0.717) is 25.7 Å². The van der Waals surface area contributed by atoms with Crippen LogP contribution in [0.1, 0.15) is 130 Å². The predicted octanol–water partition coefficient (Wildman–Crippen LogP) is 9.13. The second kappa shape index (κ2) is 15.1. The third-order valence-electron chi connectivity index (χ3n) is 10.6. The molecule has 8 heteroatoms. The quantitative estimate of drug-likeness (QED) is 0.147. The number of carbonyl (C=O) groups is 2. The van der Waals surface area contributed by atoms with Gasteiger partial charge in [0, 0.05) is 58.1 Å². The average Bonchev–Trinajstić information content (AvgIpc) is 3.73. The molecule has 3 aromatic rings. The van der Waals surface area contributed by atoms with E-state index in [9.17, 15) is 9.59 Å². The van der Waals surface area contributed by atoms with Crippen LogP contribution >= 0.6 is 0 Å². The van der Waals surface area contributed by atoms with Crippen LogP contribution in [-0.4, -0.2) is 46.1 Å². The molecule has 2 aliphatic heterocycles. The van der Waals surface area contributed by atoms with Gasteiger partial charge in [0.2, 0.25) is 0 Å². The van der Waals surface area contributed by atoms with Gasteiger partial charge >= 0.3 is 11.9 Å². The molecule has 262 valence electrons. The Labute approximate surface area is 291 Å². The molecule has 0 atom stereocenters. The topological polar surface area (TPSA) is 110 Å². The van der Waals surface area contributed by atoms with Crippen molar-refractivity contribution in [2.75, 3.05) is 14.2 Å². The lowest BCUT2D eigenvalue weighted by Gasteiger charge is -2.16. The van der Waals surface area contributed by atoms with Crippen LogP contribution in [0.2, 0.25) is 0 Å². The van der Waals surface area contributed by atoms with Crippen molar-refractivity contribution in [1.29, 1.82) is 0 Å². The van der Waals surface area contributed by atoms with E-state index in [-0.39, 0.29) is 17.4 Å². The Balaban J connectivity index is 1.85. The Hall–Kier alpha value is -4.20. The first-order chi connectivity index (χ1) is 23.4. The minimum absolute atomic E-state index is 0.145. The fraction of sp³-hybridized carbons (Fsp3) is 0.512. The standard InChI is InChI=1S/C41H54N4O4/c1-10-11-12-15-30-36-23-41(6,7)37(44-36)22-33-27(5)29(17-14-19-39(47)49-9)35(43-33)21-34-28(16-13-18-38(46)48-8)26(4)32(42-34)20-31-24(2)25(3)40(30)45-31/h20-22,42-43H,10-19,23H2,1-9H3. The Bertz CT molecular complexity index is 1940. The van der Waals surface area contributed by atoms with E-state index in [1.165, 1.54) is 48.5 Å². The number of hydrogen-bond donors (Lipinski definition) is 2. The number of methoxy groups -OCH3 is 2. The highest BCUT2D eigenvalue weighted by Crippen LogP contribution is 2.38. The zero-order chi connectivity index (χ0) is 35.5. The number of aromatic amines is 2. The number of allylic oxidation sites excluding steroid dienone is 2. The van der Waals surface area contributed by atoms with Crippen LogP contribution in [0.3, 0.4) is 0 Å². The normalized spacial score (nSPS) is 14.0. The van der Waals surface area contributed by atoms with Crippen molar-refractivity contribution in [3.63, 3.8) is 0 Å². The number of esters is 2. The molecule has 0 aliphatic carbocycles. The SMILES string of the molecule is CCCCCc1c2nc(cc3[nH]c(cc4[nH]c(cc5nc1C(C)=C5C)c(C)c4CCCC(=O)OC)c(CCCC(=O)OC)c3C)C(C)(C)C2. The number of aryl methyl sites for hydroxylation is 4. The van der Waals surface area contributed by atoms with Gasteiger partial charge in [0.15, 0.2) is 0 Å². The molecular weight excluding hydrogens is 612 g/mol. The lowest BCUT2D eigenvalue weighted by Crippen LogP contribution is -2.15. The summed E-state index contributed by atoms with van der Waals surface area (Å²) in [4.78, 5) is 42.3. The van der Waals surface area contributed by atoms with Gasteiger partial charge in [0.1, 0.15) is 0 Å². The number of nitrogens with one attached hydrogen (secondary N) is 2. The molecule has 0 fully saturated rings. The molecule has 8 nitrogen and oxygen atoms in total. The first-order valence-corrected chi connectivity index (χ1v) is 17.9. The second-order valence-corrected chi connectivity index (χ2v) is 14.4. The molecular formula is C41H54N4O4. The maximum atomic E-state index is 12.0. The minimum Gasteiger partial charge on any atom is -0.469 e. The number of carbonyl (C=O) groups excluding carboxylic acids is 2. The van der Waals surface area contributed by atoms with Crippen LogP contribution in [0.4, 0.5) is 0 Å². The number of rotatable bonds is 12. The molecule has 8 bridgehead atoms. The summed E-state index contributed by atoms with van der Waals surface area (Å²) in [5.41, 5.74) is 16.5. The Kier molecular flexibility index (Phi) is 11.2. The molecule has 49 heavy (non-hydrogen) atoms. The maximum absolute atomic E-state index is 12.0. The second-order valence-electron chi connectivity index (χ2n) is 14.4. The molecule has 0 saturated carbocycles. The summed E-state index contributed by atoms with van der Waals surface area (Å²) in [6, 6.07) is 6.62. The molecule has 5 heterocycles. The lowest BCUT2D eigenvalue weighted by atomic mass is 9.85. The van der Waals surface area contributed by atoms with E-state index in [1.807, 2.05) is 0 Å². The van der Waals surface area contributed by atoms with Crippen LogP contribution in [0, 0.1) is 13.8 Å². The summed E-state index contributed by atoms with van der Waals surface area (Å²) >= 11 is 0. The molecule has 0 amide bonds. The smallest absolute Gasteiger partial charge is 0.305 e. The zero-order valence-electron chi connectivity index (χ0n) is 31.0. The molecule has 2 N–H and O–H groups in total. The van der Waals surface area contributed by atoms with Crippen molar-refractivity contribution >= 4 is 45.2 Å². The van der Waals surface area contributed by atoms with Crippen LogP contribution in [-0.2, 0) is 50.2 Å². The van der Waals surface area contributed by atoms with Gasteiger partial charge in [-0.3, -0.25) is 14.6 Å². The van der Waals surface area contributed by atoms with Gasteiger partial charge in [0.25, 0.3) is 0 Å². The molecule has 0 radical (unpaired) electrons. The van der Waals surface area contributed by atoms with Crippen molar-refractivity contribution in [2.24, 2.45) is 0 Å². The number of hydrogen-bond acceptors (Lipinski definition) is 6. The van der Waals surface area contributed by atoms with Crippen molar-refractivity contribution < 1.29 is 19.1 Å². The third kappa shape index (κ3) is 7.68. The predicted molar refractivity (Wildman–Crippen MR) is 199 cm³/mol. The summed E-state index contributed by atoms with van der Waals surface area (Å²) in [6.45, 7) is 15.5.